The van der Waals surface area contributed by atoms with Gasteiger partial charge in [-0.3, -0.25) is 0 Å². The van der Waals surface area contributed by atoms with Crippen LogP contribution in [0.2, 0.25) is 6.04 Å². The lowest BCUT2D eigenvalue weighted by Crippen LogP contribution is -2.53. The normalized spacial score (nSPS) is 14.7. The fourth-order valence-electron chi connectivity index (χ4n) is 1.94. The van der Waals surface area contributed by atoms with Crippen molar-refractivity contribution in [3.63, 3.8) is 0 Å². The van der Waals surface area contributed by atoms with E-state index in [0.29, 0.717) is 12.6 Å². The molecule has 0 radical (unpaired) electrons. The minimum atomic E-state index is -2.77. The van der Waals surface area contributed by atoms with Gasteiger partial charge in [0.2, 0.25) is 0 Å². The van der Waals surface area contributed by atoms with Crippen molar-refractivity contribution in [2.24, 2.45) is 11.5 Å². The summed E-state index contributed by atoms with van der Waals surface area (Å²) in [6.07, 6.45) is 0.900. The van der Waals surface area contributed by atoms with Gasteiger partial charge in [0.15, 0.2) is 0 Å². The van der Waals surface area contributed by atoms with E-state index in [1.165, 1.54) is 0 Å². The monoisotopic (exact) mass is 292 g/mol. The van der Waals surface area contributed by atoms with Gasteiger partial charge in [-0.2, -0.15) is 0 Å². The van der Waals surface area contributed by atoms with Gasteiger partial charge in [0.05, 0.1) is 0 Å². The van der Waals surface area contributed by atoms with Crippen molar-refractivity contribution in [3.05, 3.63) is 0 Å². The first-order valence-corrected chi connectivity index (χ1v) is 9.13. The van der Waals surface area contributed by atoms with E-state index in [-0.39, 0.29) is 24.4 Å². The lowest BCUT2D eigenvalue weighted by atomic mass is 10.2. The zero-order chi connectivity index (χ0) is 15.1. The molecule has 6 heteroatoms. The van der Waals surface area contributed by atoms with Gasteiger partial charge in [0.1, 0.15) is 0 Å². The van der Waals surface area contributed by atoms with Gasteiger partial charge in [-0.15, -0.1) is 0 Å². The van der Waals surface area contributed by atoms with E-state index >= 15 is 0 Å². The molecule has 0 aliphatic heterocycles. The average Bonchev–Trinajstić information content (AvgIpc) is 2.12. The van der Waals surface area contributed by atoms with Crippen LogP contribution in [-0.2, 0) is 13.3 Å². The Labute approximate surface area is 119 Å². The van der Waals surface area contributed by atoms with Crippen molar-refractivity contribution in [2.75, 3.05) is 6.54 Å². The number of rotatable bonds is 10. The standard InChI is InChI=1S/C13H32N2O3Si/c1-10(2)16-19(17-11(3)4,18-12(5)6)9-13(15)7-8-14/h10-13H,7-9,14-15H2,1-6H3. The molecule has 0 aromatic heterocycles. The third-order valence-corrected chi connectivity index (χ3v) is 5.81. The Kier molecular flexibility index (Phi) is 9.05. The third kappa shape index (κ3) is 8.72. The Morgan fingerprint density at radius 1 is 0.842 bits per heavy atom. The molecule has 0 aromatic carbocycles. The number of hydrogen-bond donors (Lipinski definition) is 2. The number of hydrogen-bond acceptors (Lipinski definition) is 5. The second kappa shape index (κ2) is 9.04. The van der Waals surface area contributed by atoms with Crippen LogP contribution in [0, 0.1) is 0 Å². The first-order chi connectivity index (χ1) is 8.70. The van der Waals surface area contributed by atoms with Gasteiger partial charge in [-0.1, -0.05) is 0 Å². The molecule has 1 atom stereocenters. The summed E-state index contributed by atoms with van der Waals surface area (Å²) < 4.78 is 18.2. The summed E-state index contributed by atoms with van der Waals surface area (Å²) in [5, 5.41) is 0. The Hall–Kier alpha value is 0.0169. The molecule has 0 fully saturated rings. The van der Waals surface area contributed by atoms with Crippen LogP contribution in [0.4, 0.5) is 0 Å². The fourth-order valence-corrected chi connectivity index (χ4v) is 5.40. The molecule has 0 bridgehead atoms. The third-order valence-electron chi connectivity index (χ3n) is 2.30. The first kappa shape index (κ1) is 19.0. The van der Waals surface area contributed by atoms with E-state index in [2.05, 4.69) is 0 Å². The molecule has 5 nitrogen and oxygen atoms in total. The van der Waals surface area contributed by atoms with Crippen LogP contribution in [-0.4, -0.2) is 39.7 Å². The van der Waals surface area contributed by atoms with E-state index in [9.17, 15) is 0 Å². The van der Waals surface area contributed by atoms with Crippen LogP contribution in [0.5, 0.6) is 0 Å². The molecule has 0 aliphatic carbocycles. The molecule has 19 heavy (non-hydrogen) atoms. The minimum absolute atomic E-state index is 0.0482. The highest BCUT2D eigenvalue weighted by atomic mass is 28.4. The SMILES string of the molecule is CC(C)O[Si](CC(N)CCN)(OC(C)C)OC(C)C. The van der Waals surface area contributed by atoms with Gasteiger partial charge < -0.3 is 24.7 Å². The summed E-state index contributed by atoms with van der Waals surface area (Å²) in [6, 6.07) is 0.562. The molecule has 0 rings (SSSR count). The van der Waals surface area contributed by atoms with E-state index in [1.54, 1.807) is 0 Å². The summed E-state index contributed by atoms with van der Waals surface area (Å²) >= 11 is 0. The van der Waals surface area contributed by atoms with Gasteiger partial charge in [0, 0.05) is 30.4 Å². The van der Waals surface area contributed by atoms with Gasteiger partial charge in [-0.05, 0) is 54.5 Å². The van der Waals surface area contributed by atoms with Gasteiger partial charge in [-0.25, -0.2) is 0 Å². The summed E-state index contributed by atoms with van der Waals surface area (Å²) in [5.41, 5.74) is 11.7. The predicted octanol–water partition coefficient (Wildman–Crippen LogP) is 1.88. The highest BCUT2D eigenvalue weighted by Gasteiger charge is 2.45. The average molecular weight is 292 g/mol. The highest BCUT2D eigenvalue weighted by Crippen LogP contribution is 2.23. The molecule has 0 saturated heterocycles. The first-order valence-electron chi connectivity index (χ1n) is 7.20. The van der Waals surface area contributed by atoms with Crippen LogP contribution in [0.3, 0.4) is 0 Å². The van der Waals surface area contributed by atoms with Crippen molar-refractivity contribution in [1.82, 2.24) is 0 Å². The maximum atomic E-state index is 6.11. The van der Waals surface area contributed by atoms with Crippen molar-refractivity contribution in [1.29, 1.82) is 0 Å². The summed E-state index contributed by atoms with van der Waals surface area (Å²) in [6.45, 7) is 12.5. The summed E-state index contributed by atoms with van der Waals surface area (Å²) in [7, 11) is -2.77. The van der Waals surface area contributed by atoms with E-state index in [1.807, 2.05) is 41.5 Å². The molecular formula is C13H32N2O3Si. The Bertz CT molecular complexity index is 211. The second-order valence-electron chi connectivity index (χ2n) is 5.72. The second-order valence-corrected chi connectivity index (χ2v) is 8.21. The van der Waals surface area contributed by atoms with E-state index in [4.69, 9.17) is 24.7 Å². The molecule has 1 unspecified atom stereocenters. The van der Waals surface area contributed by atoms with Crippen molar-refractivity contribution in [3.8, 4) is 0 Å². The smallest absolute Gasteiger partial charge is 0.371 e. The number of nitrogens with two attached hydrogens (primary N) is 2. The van der Waals surface area contributed by atoms with Crippen LogP contribution >= 0.6 is 0 Å². The fraction of sp³-hybridized carbons (Fsp3) is 1.00. The zero-order valence-corrected chi connectivity index (χ0v) is 14.3. The van der Waals surface area contributed by atoms with Crippen LogP contribution in [0.1, 0.15) is 48.0 Å². The zero-order valence-electron chi connectivity index (χ0n) is 13.3. The van der Waals surface area contributed by atoms with Crippen LogP contribution < -0.4 is 11.5 Å². The molecule has 116 valence electrons. The Morgan fingerprint density at radius 2 is 1.21 bits per heavy atom. The van der Waals surface area contributed by atoms with E-state index < -0.39 is 8.80 Å². The quantitative estimate of drug-likeness (QED) is 0.601. The summed E-state index contributed by atoms with van der Waals surface area (Å²) in [5.74, 6) is 0. The summed E-state index contributed by atoms with van der Waals surface area (Å²) in [4.78, 5) is 0. The lowest BCUT2D eigenvalue weighted by Gasteiger charge is -2.36. The predicted molar refractivity (Wildman–Crippen MR) is 80.9 cm³/mol. The van der Waals surface area contributed by atoms with Crippen molar-refractivity contribution >= 4 is 8.80 Å². The molecule has 0 aromatic rings. The maximum Gasteiger partial charge on any atom is 0.503 e. The maximum absolute atomic E-state index is 6.11. The molecule has 0 spiro atoms. The largest absolute Gasteiger partial charge is 0.503 e. The lowest BCUT2D eigenvalue weighted by molar-refractivity contribution is 0.00201. The topological polar surface area (TPSA) is 79.7 Å². The molecule has 0 saturated carbocycles. The van der Waals surface area contributed by atoms with Crippen LogP contribution in [0.15, 0.2) is 0 Å². The Morgan fingerprint density at radius 3 is 1.47 bits per heavy atom. The van der Waals surface area contributed by atoms with Crippen LogP contribution in [0.25, 0.3) is 0 Å². The Balaban J connectivity index is 4.97. The molecular weight excluding hydrogens is 260 g/mol. The highest BCUT2D eigenvalue weighted by molar-refractivity contribution is 6.61. The van der Waals surface area contributed by atoms with Gasteiger partial charge in [0.25, 0.3) is 0 Å². The van der Waals surface area contributed by atoms with Gasteiger partial charge >= 0.3 is 8.80 Å². The minimum Gasteiger partial charge on any atom is -0.371 e. The van der Waals surface area contributed by atoms with Crippen molar-refractivity contribution in [2.45, 2.75) is 78.4 Å². The van der Waals surface area contributed by atoms with Crippen molar-refractivity contribution < 1.29 is 13.3 Å². The molecule has 0 aliphatic rings. The molecule has 4 N–H and O–H groups in total. The molecule has 0 heterocycles. The van der Waals surface area contributed by atoms with E-state index in [0.717, 1.165) is 6.42 Å². The molecule has 0 amide bonds.